The number of nitrogens with one attached hydrogen (secondary N) is 2. The molecule has 0 unspecified atom stereocenters. The van der Waals surface area contributed by atoms with Crippen LogP contribution in [0.15, 0.2) is 53.3 Å². The number of alkyl halides is 3. The van der Waals surface area contributed by atoms with Crippen molar-refractivity contribution in [3.8, 4) is 5.69 Å². The van der Waals surface area contributed by atoms with Crippen LogP contribution in [0.1, 0.15) is 28.8 Å². The molecule has 0 radical (unpaired) electrons. The van der Waals surface area contributed by atoms with Crippen molar-refractivity contribution in [2.24, 2.45) is 0 Å². The molecule has 158 valence electrons. The van der Waals surface area contributed by atoms with Gasteiger partial charge < -0.3 is 5.32 Å². The Labute approximate surface area is 169 Å². The van der Waals surface area contributed by atoms with E-state index in [2.05, 4.69) is 10.4 Å². The van der Waals surface area contributed by atoms with E-state index in [4.69, 9.17) is 0 Å². The molecule has 0 aliphatic carbocycles. The molecule has 5 nitrogen and oxygen atoms in total. The monoisotopic (exact) mass is 421 g/mol. The summed E-state index contributed by atoms with van der Waals surface area (Å²) in [5.74, 6) is -0.812. The highest BCUT2D eigenvalue weighted by Crippen LogP contribution is 2.29. The van der Waals surface area contributed by atoms with Gasteiger partial charge in [-0.2, -0.15) is 13.2 Å². The molecule has 0 atom stereocenters. The summed E-state index contributed by atoms with van der Waals surface area (Å²) in [6.45, 7) is 1.64. The highest BCUT2D eigenvalue weighted by molar-refractivity contribution is 5.76. The Morgan fingerprint density at radius 3 is 2.50 bits per heavy atom. The molecule has 0 fully saturated rings. The van der Waals surface area contributed by atoms with Crippen molar-refractivity contribution in [1.29, 1.82) is 0 Å². The van der Waals surface area contributed by atoms with E-state index in [0.29, 0.717) is 22.5 Å². The van der Waals surface area contributed by atoms with Crippen LogP contribution in [0, 0.1) is 12.7 Å². The van der Waals surface area contributed by atoms with Crippen molar-refractivity contribution in [3.63, 3.8) is 0 Å². The first-order chi connectivity index (χ1) is 14.1. The first-order valence-electron chi connectivity index (χ1n) is 9.14. The van der Waals surface area contributed by atoms with Gasteiger partial charge in [0.15, 0.2) is 0 Å². The summed E-state index contributed by atoms with van der Waals surface area (Å²) in [5, 5.41) is 5.46. The molecule has 3 rings (SSSR count). The van der Waals surface area contributed by atoms with Crippen LogP contribution in [0.4, 0.5) is 17.6 Å². The van der Waals surface area contributed by atoms with Crippen molar-refractivity contribution in [2.75, 3.05) is 0 Å². The van der Waals surface area contributed by atoms with E-state index in [1.807, 2.05) is 0 Å². The first-order valence-corrected chi connectivity index (χ1v) is 9.14. The van der Waals surface area contributed by atoms with Crippen LogP contribution >= 0.6 is 0 Å². The fourth-order valence-corrected chi connectivity index (χ4v) is 3.03. The number of hydrogen-bond donors (Lipinski definition) is 2. The molecule has 3 aromatic rings. The van der Waals surface area contributed by atoms with Gasteiger partial charge in [0, 0.05) is 24.2 Å². The van der Waals surface area contributed by atoms with Crippen molar-refractivity contribution in [2.45, 2.75) is 32.5 Å². The third-order valence-corrected chi connectivity index (χ3v) is 4.62. The van der Waals surface area contributed by atoms with Gasteiger partial charge in [-0.15, -0.1) is 0 Å². The van der Waals surface area contributed by atoms with E-state index in [1.165, 1.54) is 41.1 Å². The molecule has 2 aromatic carbocycles. The highest BCUT2D eigenvalue weighted by atomic mass is 19.4. The van der Waals surface area contributed by atoms with Crippen molar-refractivity contribution in [1.82, 2.24) is 15.1 Å². The van der Waals surface area contributed by atoms with E-state index >= 15 is 0 Å². The van der Waals surface area contributed by atoms with Gasteiger partial charge in [0.05, 0.1) is 11.3 Å². The maximum Gasteiger partial charge on any atom is 0.416 e. The Morgan fingerprint density at radius 2 is 1.83 bits per heavy atom. The predicted molar refractivity (Wildman–Crippen MR) is 103 cm³/mol. The molecular formula is C21H19F4N3O2. The molecule has 1 aromatic heterocycles. The second-order valence-corrected chi connectivity index (χ2v) is 6.81. The van der Waals surface area contributed by atoms with Gasteiger partial charge in [-0.1, -0.05) is 12.1 Å². The van der Waals surface area contributed by atoms with Gasteiger partial charge in [-0.3, -0.25) is 14.7 Å². The van der Waals surface area contributed by atoms with Crippen molar-refractivity contribution < 1.29 is 22.4 Å². The molecule has 2 N–H and O–H groups in total. The molecule has 9 heteroatoms. The zero-order valence-electron chi connectivity index (χ0n) is 16.0. The smallest absolute Gasteiger partial charge is 0.352 e. The Morgan fingerprint density at radius 1 is 1.13 bits per heavy atom. The SMILES string of the molecule is Cc1[nH]n(-c2ccc(F)cc2)c(=O)c1CCC(=O)NCc1cccc(C(F)(F)F)c1. The molecule has 0 aliphatic rings. The number of nitrogens with zero attached hydrogens (tertiary/aromatic N) is 1. The van der Waals surface area contributed by atoms with Crippen LogP contribution in [0.25, 0.3) is 5.69 Å². The zero-order chi connectivity index (χ0) is 21.9. The van der Waals surface area contributed by atoms with Crippen LogP contribution < -0.4 is 10.9 Å². The molecular weight excluding hydrogens is 402 g/mol. The average Bonchev–Trinajstić information content (AvgIpc) is 2.98. The van der Waals surface area contributed by atoms with E-state index in [1.54, 1.807) is 6.92 Å². The number of carbonyl (C=O) groups is 1. The van der Waals surface area contributed by atoms with Crippen LogP contribution in [0.3, 0.4) is 0 Å². The summed E-state index contributed by atoms with van der Waals surface area (Å²) in [5.41, 5.74) is 0.659. The molecule has 0 saturated heterocycles. The lowest BCUT2D eigenvalue weighted by Gasteiger charge is -2.09. The number of amides is 1. The summed E-state index contributed by atoms with van der Waals surface area (Å²) >= 11 is 0. The van der Waals surface area contributed by atoms with E-state index in [0.717, 1.165) is 12.1 Å². The predicted octanol–water partition coefficient (Wildman–Crippen LogP) is 3.88. The molecule has 0 aliphatic heterocycles. The largest absolute Gasteiger partial charge is 0.416 e. The van der Waals surface area contributed by atoms with Crippen LogP contribution in [-0.2, 0) is 23.9 Å². The van der Waals surface area contributed by atoms with E-state index in [9.17, 15) is 27.2 Å². The van der Waals surface area contributed by atoms with E-state index in [-0.39, 0.29) is 30.9 Å². The van der Waals surface area contributed by atoms with E-state index < -0.39 is 17.6 Å². The number of halogens is 4. The van der Waals surface area contributed by atoms with Gasteiger partial charge in [0.2, 0.25) is 5.91 Å². The van der Waals surface area contributed by atoms with Gasteiger partial charge in [0.1, 0.15) is 5.82 Å². The number of rotatable bonds is 6. The lowest BCUT2D eigenvalue weighted by Crippen LogP contribution is -2.24. The molecule has 1 heterocycles. The lowest BCUT2D eigenvalue weighted by molar-refractivity contribution is -0.137. The third-order valence-electron chi connectivity index (χ3n) is 4.62. The van der Waals surface area contributed by atoms with Crippen LogP contribution in [0.2, 0.25) is 0 Å². The number of aryl methyl sites for hydroxylation is 1. The molecule has 1 amide bonds. The summed E-state index contributed by atoms with van der Waals surface area (Å²) in [4.78, 5) is 24.7. The fourth-order valence-electron chi connectivity index (χ4n) is 3.03. The summed E-state index contributed by atoms with van der Waals surface area (Å²) in [6, 6.07) is 10.1. The van der Waals surface area contributed by atoms with Gasteiger partial charge in [-0.25, -0.2) is 9.07 Å². The lowest BCUT2D eigenvalue weighted by atomic mass is 10.1. The minimum Gasteiger partial charge on any atom is -0.352 e. The molecule has 0 saturated carbocycles. The summed E-state index contributed by atoms with van der Waals surface area (Å²) in [7, 11) is 0. The number of H-pyrrole nitrogens is 1. The average molecular weight is 421 g/mol. The maximum absolute atomic E-state index is 13.1. The summed E-state index contributed by atoms with van der Waals surface area (Å²) < 4.78 is 52.6. The number of aromatic amines is 1. The molecule has 0 bridgehead atoms. The van der Waals surface area contributed by atoms with Gasteiger partial charge >= 0.3 is 6.18 Å². The summed E-state index contributed by atoms with van der Waals surface area (Å²) in [6.07, 6.45) is -4.30. The Kier molecular flexibility index (Phi) is 6.09. The normalized spacial score (nSPS) is 11.5. The second-order valence-electron chi connectivity index (χ2n) is 6.81. The topological polar surface area (TPSA) is 66.9 Å². The number of carbonyl (C=O) groups excluding carboxylic acids is 1. The highest BCUT2D eigenvalue weighted by Gasteiger charge is 2.30. The standard InChI is InChI=1S/C21H19F4N3O2/c1-13-18(20(30)28(27-13)17-7-5-16(22)6-8-17)9-10-19(29)26-12-14-3-2-4-15(11-14)21(23,24)25/h2-8,11,27H,9-10,12H2,1H3,(H,26,29). The zero-order valence-corrected chi connectivity index (χ0v) is 16.0. The Bertz CT molecular complexity index is 1100. The maximum atomic E-state index is 13.1. The van der Waals surface area contributed by atoms with Crippen molar-refractivity contribution in [3.05, 3.63) is 87.1 Å². The van der Waals surface area contributed by atoms with Gasteiger partial charge in [-0.05, 0) is 55.3 Å². The minimum atomic E-state index is -4.45. The number of hydrogen-bond acceptors (Lipinski definition) is 2. The number of aromatic nitrogens is 2. The van der Waals surface area contributed by atoms with Crippen LogP contribution in [-0.4, -0.2) is 15.7 Å². The molecule has 0 spiro atoms. The third kappa shape index (κ3) is 4.97. The van der Waals surface area contributed by atoms with Crippen LogP contribution in [0.5, 0.6) is 0 Å². The first kappa shape index (κ1) is 21.4. The Hall–Kier alpha value is -3.36. The quantitative estimate of drug-likeness (QED) is 0.594. The number of benzene rings is 2. The molecule has 30 heavy (non-hydrogen) atoms. The van der Waals surface area contributed by atoms with Gasteiger partial charge in [0.25, 0.3) is 5.56 Å². The van der Waals surface area contributed by atoms with Crippen molar-refractivity contribution >= 4 is 5.91 Å². The second kappa shape index (κ2) is 8.56. The fraction of sp³-hybridized carbons (Fsp3) is 0.238. The minimum absolute atomic E-state index is 0.00366. The Balaban J connectivity index is 1.62.